The number of hydrogen-bond acceptors (Lipinski definition) is 4. The van der Waals surface area contributed by atoms with Crippen LogP contribution in [0.4, 0.5) is 0 Å². The van der Waals surface area contributed by atoms with E-state index >= 15 is 0 Å². The molecule has 2 aliphatic heterocycles. The van der Waals surface area contributed by atoms with Crippen LogP contribution < -0.4 is 9.47 Å². The highest BCUT2D eigenvalue weighted by molar-refractivity contribution is 5.43. The summed E-state index contributed by atoms with van der Waals surface area (Å²) in [7, 11) is 0. The molecule has 1 atom stereocenters. The van der Waals surface area contributed by atoms with Crippen LogP contribution in [0.5, 0.6) is 11.5 Å². The van der Waals surface area contributed by atoms with Gasteiger partial charge >= 0.3 is 0 Å². The molecule has 116 valence electrons. The van der Waals surface area contributed by atoms with Crippen LogP contribution in [-0.2, 0) is 11.3 Å². The summed E-state index contributed by atoms with van der Waals surface area (Å²) in [6.45, 7) is 7.48. The van der Waals surface area contributed by atoms with Gasteiger partial charge in [0.2, 0.25) is 0 Å². The van der Waals surface area contributed by atoms with Crippen molar-refractivity contribution < 1.29 is 14.2 Å². The van der Waals surface area contributed by atoms with Gasteiger partial charge in [0, 0.05) is 19.7 Å². The number of likely N-dealkylation sites (tertiary alicyclic amines) is 1. The van der Waals surface area contributed by atoms with Gasteiger partial charge in [-0.1, -0.05) is 13.0 Å². The third-order valence-corrected chi connectivity index (χ3v) is 4.03. The summed E-state index contributed by atoms with van der Waals surface area (Å²) in [5.74, 6) is 1.75. The maximum Gasteiger partial charge on any atom is 0.161 e. The number of rotatable bonds is 5. The zero-order chi connectivity index (χ0) is 14.5. The van der Waals surface area contributed by atoms with Gasteiger partial charge in [0.1, 0.15) is 13.2 Å². The number of ether oxygens (including phenoxy) is 3. The Balaban J connectivity index is 1.58. The molecule has 2 aliphatic rings. The lowest BCUT2D eigenvalue weighted by Crippen LogP contribution is -2.39. The van der Waals surface area contributed by atoms with E-state index in [-0.39, 0.29) is 0 Å². The highest BCUT2D eigenvalue weighted by Crippen LogP contribution is 2.31. The molecule has 1 aromatic rings. The van der Waals surface area contributed by atoms with Crippen molar-refractivity contribution in [3.63, 3.8) is 0 Å². The molecule has 0 spiro atoms. The Morgan fingerprint density at radius 2 is 2.10 bits per heavy atom. The number of nitrogens with zero attached hydrogens (tertiary/aromatic N) is 1. The van der Waals surface area contributed by atoms with Crippen molar-refractivity contribution in [3.8, 4) is 11.5 Å². The average molecular weight is 291 g/mol. The first-order chi connectivity index (χ1) is 10.3. The van der Waals surface area contributed by atoms with E-state index in [1.54, 1.807) is 0 Å². The van der Waals surface area contributed by atoms with E-state index in [1.807, 2.05) is 6.07 Å². The Hall–Kier alpha value is -1.26. The molecule has 2 heterocycles. The van der Waals surface area contributed by atoms with Crippen molar-refractivity contribution in [2.45, 2.75) is 38.8 Å². The summed E-state index contributed by atoms with van der Waals surface area (Å²) < 4.78 is 17.1. The maximum absolute atomic E-state index is 5.90. The Labute approximate surface area is 127 Å². The molecule has 1 unspecified atom stereocenters. The van der Waals surface area contributed by atoms with Gasteiger partial charge in [0.25, 0.3) is 0 Å². The zero-order valence-electron chi connectivity index (χ0n) is 12.8. The Morgan fingerprint density at radius 3 is 2.95 bits per heavy atom. The number of benzene rings is 1. The van der Waals surface area contributed by atoms with Gasteiger partial charge < -0.3 is 14.2 Å². The molecular formula is C17H25NO3. The normalized spacial score (nSPS) is 22.2. The summed E-state index contributed by atoms with van der Waals surface area (Å²) in [5.41, 5.74) is 1.29. The lowest BCUT2D eigenvalue weighted by atomic mass is 10.1. The topological polar surface area (TPSA) is 30.9 Å². The monoisotopic (exact) mass is 291 g/mol. The molecule has 0 aliphatic carbocycles. The van der Waals surface area contributed by atoms with Crippen molar-refractivity contribution in [2.75, 3.05) is 32.9 Å². The highest BCUT2D eigenvalue weighted by Gasteiger charge is 2.21. The quantitative estimate of drug-likeness (QED) is 0.834. The Kier molecular flexibility index (Phi) is 4.99. The van der Waals surface area contributed by atoms with Crippen molar-refractivity contribution in [1.29, 1.82) is 0 Å². The van der Waals surface area contributed by atoms with E-state index in [0.717, 1.165) is 44.2 Å². The van der Waals surface area contributed by atoms with Gasteiger partial charge in [-0.25, -0.2) is 0 Å². The summed E-state index contributed by atoms with van der Waals surface area (Å²) in [6.07, 6.45) is 3.91. The molecular weight excluding hydrogens is 266 g/mol. The third-order valence-electron chi connectivity index (χ3n) is 4.03. The largest absolute Gasteiger partial charge is 0.486 e. The van der Waals surface area contributed by atoms with Crippen LogP contribution in [0.15, 0.2) is 18.2 Å². The molecule has 0 saturated carbocycles. The molecule has 4 heteroatoms. The van der Waals surface area contributed by atoms with Crippen LogP contribution in [-0.4, -0.2) is 43.9 Å². The van der Waals surface area contributed by atoms with E-state index in [0.29, 0.717) is 19.3 Å². The molecule has 0 amide bonds. The van der Waals surface area contributed by atoms with Crippen LogP contribution in [0.3, 0.4) is 0 Å². The molecule has 3 rings (SSSR count). The van der Waals surface area contributed by atoms with E-state index in [9.17, 15) is 0 Å². The van der Waals surface area contributed by atoms with Gasteiger partial charge in [-0.2, -0.15) is 0 Å². The minimum Gasteiger partial charge on any atom is -0.486 e. The van der Waals surface area contributed by atoms with Gasteiger partial charge in [-0.3, -0.25) is 4.90 Å². The minimum absolute atomic E-state index is 0.399. The fourth-order valence-corrected chi connectivity index (χ4v) is 3.02. The van der Waals surface area contributed by atoms with E-state index < -0.39 is 0 Å². The van der Waals surface area contributed by atoms with Crippen LogP contribution in [0.2, 0.25) is 0 Å². The molecule has 0 aromatic heterocycles. The van der Waals surface area contributed by atoms with Gasteiger partial charge in [0.15, 0.2) is 11.5 Å². The second-order valence-corrected chi connectivity index (χ2v) is 5.85. The predicted octanol–water partition coefficient (Wildman–Crippen LogP) is 2.85. The fraction of sp³-hybridized carbons (Fsp3) is 0.647. The fourth-order valence-electron chi connectivity index (χ4n) is 3.02. The molecule has 1 aromatic carbocycles. The standard InChI is InChI=1S/C17H25NO3/c1-2-8-19-15-4-3-7-18(13-15)12-14-5-6-16-17(11-14)21-10-9-20-16/h5-6,11,15H,2-4,7-10,12-13H2,1H3. The van der Waals surface area contributed by atoms with Crippen molar-refractivity contribution in [1.82, 2.24) is 4.90 Å². The molecule has 4 nitrogen and oxygen atoms in total. The van der Waals surface area contributed by atoms with Crippen LogP contribution in [0, 0.1) is 0 Å². The summed E-state index contributed by atoms with van der Waals surface area (Å²) >= 11 is 0. The summed E-state index contributed by atoms with van der Waals surface area (Å²) in [6, 6.07) is 6.29. The average Bonchev–Trinajstić information content (AvgIpc) is 2.53. The van der Waals surface area contributed by atoms with E-state index in [2.05, 4.69) is 24.0 Å². The Morgan fingerprint density at radius 1 is 1.24 bits per heavy atom. The number of hydrogen-bond donors (Lipinski definition) is 0. The van der Waals surface area contributed by atoms with E-state index in [1.165, 1.54) is 18.4 Å². The molecule has 1 saturated heterocycles. The predicted molar refractivity (Wildman–Crippen MR) is 82.0 cm³/mol. The first-order valence-corrected chi connectivity index (χ1v) is 8.07. The zero-order valence-corrected chi connectivity index (χ0v) is 12.8. The summed E-state index contributed by atoms with van der Waals surface area (Å²) in [5, 5.41) is 0. The Bertz CT molecular complexity index is 463. The second kappa shape index (κ2) is 7.14. The van der Waals surface area contributed by atoms with Gasteiger partial charge in [0.05, 0.1) is 6.10 Å². The van der Waals surface area contributed by atoms with Crippen LogP contribution in [0.25, 0.3) is 0 Å². The first kappa shape index (κ1) is 14.7. The number of fused-ring (bicyclic) bond motifs is 1. The molecule has 21 heavy (non-hydrogen) atoms. The third kappa shape index (κ3) is 3.89. The van der Waals surface area contributed by atoms with Crippen molar-refractivity contribution >= 4 is 0 Å². The maximum atomic E-state index is 5.90. The first-order valence-electron chi connectivity index (χ1n) is 8.07. The minimum atomic E-state index is 0.399. The molecule has 0 N–H and O–H groups in total. The SMILES string of the molecule is CCCOC1CCCN(Cc2ccc3c(c2)OCCO3)C1. The van der Waals surface area contributed by atoms with E-state index in [4.69, 9.17) is 14.2 Å². The number of piperidine rings is 1. The molecule has 1 fully saturated rings. The smallest absolute Gasteiger partial charge is 0.161 e. The lowest BCUT2D eigenvalue weighted by Gasteiger charge is -2.32. The van der Waals surface area contributed by atoms with Gasteiger partial charge in [-0.05, 0) is 43.5 Å². The molecule has 0 bridgehead atoms. The van der Waals surface area contributed by atoms with Crippen molar-refractivity contribution in [2.24, 2.45) is 0 Å². The van der Waals surface area contributed by atoms with Crippen LogP contribution in [0.1, 0.15) is 31.7 Å². The van der Waals surface area contributed by atoms with Gasteiger partial charge in [-0.15, -0.1) is 0 Å². The van der Waals surface area contributed by atoms with Crippen molar-refractivity contribution in [3.05, 3.63) is 23.8 Å². The second-order valence-electron chi connectivity index (χ2n) is 5.85. The highest BCUT2D eigenvalue weighted by atomic mass is 16.6. The summed E-state index contributed by atoms with van der Waals surface area (Å²) in [4.78, 5) is 2.48. The van der Waals surface area contributed by atoms with Crippen LogP contribution >= 0.6 is 0 Å². The lowest BCUT2D eigenvalue weighted by molar-refractivity contribution is -0.00225. The molecule has 0 radical (unpaired) electrons.